The normalized spacial score (nSPS) is 20.4. The number of carbonyl (C=O) groups excluding carboxylic acids is 3. The number of piperidine rings is 2. The van der Waals surface area contributed by atoms with Gasteiger partial charge >= 0.3 is 6.18 Å². The second-order valence-corrected chi connectivity index (χ2v) is 22.8. The molecule has 11 rings (SSSR count). The number of piperazine rings is 1. The highest BCUT2D eigenvalue weighted by atomic mass is 32.1. The number of carbonyl (C=O) groups is 3. The number of anilines is 4. The van der Waals surface area contributed by atoms with Gasteiger partial charge in [0, 0.05) is 89.7 Å². The molecule has 0 spiro atoms. The zero-order valence-electron chi connectivity index (χ0n) is 44.0. The molecular weight excluding hydrogens is 1010 g/mol. The van der Waals surface area contributed by atoms with Crippen molar-refractivity contribution in [1.29, 1.82) is 0 Å². The number of hydrogen-bond donors (Lipinski definition) is 8. The van der Waals surface area contributed by atoms with E-state index in [1.807, 2.05) is 25.1 Å². The average molecular weight is 1080 g/mol. The summed E-state index contributed by atoms with van der Waals surface area (Å²) in [4.78, 5) is 51.0. The molecule has 0 saturated carbocycles. The van der Waals surface area contributed by atoms with Crippen LogP contribution in [0.15, 0.2) is 78.9 Å². The second kappa shape index (κ2) is 23.2. The monoisotopic (exact) mass is 1080 g/mol. The molecule has 1 aliphatic carbocycles. The van der Waals surface area contributed by atoms with Gasteiger partial charge < -0.3 is 57.3 Å². The molecule has 15 nitrogen and oxygen atoms in total. The number of nitrogens with zero attached hydrogens (tertiary/aromatic N) is 4. The minimum atomic E-state index is -4.42. The van der Waals surface area contributed by atoms with Gasteiger partial charge in [0.25, 0.3) is 11.8 Å². The van der Waals surface area contributed by atoms with Gasteiger partial charge in [-0.3, -0.25) is 14.4 Å². The minimum absolute atomic E-state index is 0.0155. The van der Waals surface area contributed by atoms with E-state index in [1.54, 1.807) is 42.5 Å². The van der Waals surface area contributed by atoms with Crippen molar-refractivity contribution >= 4 is 72.9 Å². The lowest BCUT2D eigenvalue weighted by Crippen LogP contribution is -2.51. The first kappa shape index (κ1) is 53.2. The van der Waals surface area contributed by atoms with Crippen molar-refractivity contribution in [1.82, 2.24) is 41.0 Å². The molecule has 6 aromatic rings. The fourth-order valence-corrected chi connectivity index (χ4v) is 13.1. The molecular formula is C59H69F3N12O3S. The Morgan fingerprint density at radius 1 is 0.872 bits per heavy atom. The quantitative estimate of drug-likeness (QED) is 0.0475. The first-order valence-electron chi connectivity index (χ1n) is 27.7. The van der Waals surface area contributed by atoms with Crippen LogP contribution in [0.3, 0.4) is 0 Å². The molecule has 4 saturated heterocycles. The topological polar surface area (TPSA) is 186 Å². The lowest BCUT2D eigenvalue weighted by atomic mass is 9.87. The molecule has 410 valence electrons. The smallest absolute Gasteiger partial charge is 0.397 e. The summed E-state index contributed by atoms with van der Waals surface area (Å²) in [5.74, 6) is 5.40. The summed E-state index contributed by atoms with van der Waals surface area (Å²) in [5.41, 5.74) is 14.5. The maximum atomic E-state index is 13.7. The predicted octanol–water partition coefficient (Wildman–Crippen LogP) is 7.57. The number of aromatic nitrogens is 2. The molecule has 3 aromatic carbocycles. The van der Waals surface area contributed by atoms with Gasteiger partial charge in [-0.2, -0.15) is 13.2 Å². The van der Waals surface area contributed by atoms with Crippen LogP contribution in [0.5, 0.6) is 0 Å². The Morgan fingerprint density at radius 2 is 1.65 bits per heavy atom. The molecule has 5 aliphatic rings. The van der Waals surface area contributed by atoms with Crippen LogP contribution in [0.25, 0.3) is 21.1 Å². The number of nitrogen functional groups attached to an aromatic ring is 1. The summed E-state index contributed by atoms with van der Waals surface area (Å²) in [6.45, 7) is 7.42. The van der Waals surface area contributed by atoms with E-state index in [1.165, 1.54) is 45.6 Å². The summed E-state index contributed by atoms with van der Waals surface area (Å²) in [6.07, 6.45) is 3.92. The molecule has 4 fully saturated rings. The number of amides is 3. The largest absolute Gasteiger partial charge is 0.406 e. The maximum absolute atomic E-state index is 13.7. The summed E-state index contributed by atoms with van der Waals surface area (Å²) < 4.78 is 42.5. The standard InChI is InChI=1S/C59H69F3N12O3S/c1-36(50-18-17-48-53(63)54(78-58(48)71-50)57(77)70-43-13-9-40-31-46(16-10-39(40)30-43)73-33-44-14-15-45(34-73)68-44)67-56(76)38-21-27-72(28-22-38)29-26-66-55(75)37-7-11-41(12-8-37)65-23-3-4-47-32-49-51(69-42-19-24-64-25-20-42)5-2-6-52(49)74(47)35-59(60,61)62/h2,5-8,10-12,16-18,31-32,36,38,42-45,64-65,68-69H,9,13-15,19-30,33-35,63H2,1H3,(H,66,75)(H,67,76)(H,70,77)/t36?,43-,44-,45+/m0/s1. The Kier molecular flexibility index (Phi) is 15.8. The van der Waals surface area contributed by atoms with Gasteiger partial charge in [-0.05, 0) is 175 Å². The number of pyridine rings is 1. The first-order valence-corrected chi connectivity index (χ1v) is 28.5. The van der Waals surface area contributed by atoms with E-state index in [-0.39, 0.29) is 54.0 Å². The van der Waals surface area contributed by atoms with E-state index in [0.717, 1.165) is 88.1 Å². The predicted molar refractivity (Wildman–Crippen MR) is 303 cm³/mol. The third-order valence-electron chi connectivity index (χ3n) is 16.4. The van der Waals surface area contributed by atoms with Crippen LogP contribution >= 0.6 is 11.3 Å². The molecule has 19 heteroatoms. The number of aryl methyl sites for hydroxylation is 1. The third-order valence-corrected chi connectivity index (χ3v) is 17.5. The van der Waals surface area contributed by atoms with Crippen molar-refractivity contribution in [2.45, 2.75) is 108 Å². The summed E-state index contributed by atoms with van der Waals surface area (Å²) >= 11 is 1.29. The lowest BCUT2D eigenvalue weighted by Gasteiger charge is -2.35. The summed E-state index contributed by atoms with van der Waals surface area (Å²) in [5, 5.41) is 24.7. The molecule has 4 aliphatic heterocycles. The summed E-state index contributed by atoms with van der Waals surface area (Å²) in [6, 6.07) is 25.8. The molecule has 0 radical (unpaired) electrons. The number of likely N-dealkylation sites (tertiary alicyclic amines) is 1. The molecule has 4 atom stereocenters. The molecule has 1 unspecified atom stereocenters. The lowest BCUT2D eigenvalue weighted by molar-refractivity contribution is -0.140. The van der Waals surface area contributed by atoms with Gasteiger partial charge in [-0.25, -0.2) is 4.98 Å². The van der Waals surface area contributed by atoms with Gasteiger partial charge in [-0.15, -0.1) is 11.3 Å². The van der Waals surface area contributed by atoms with E-state index in [0.29, 0.717) is 75.6 Å². The SMILES string of the molecule is CC(NC(=O)C1CCN(CCNC(=O)c2ccc(NCC#Cc3cc4c(NC5CCNCC5)cccc4n3CC(F)(F)F)cc2)CC1)c1ccc2c(N)c(C(=O)N[C@H]3CCc4cc(N5C[C@H]6CC[C@@H](C5)N6)ccc4C3)sc2n1. The number of nitrogens with one attached hydrogen (secondary N) is 7. The second-order valence-electron chi connectivity index (χ2n) is 21.8. The molecule has 2 bridgehead atoms. The molecule has 78 heavy (non-hydrogen) atoms. The van der Waals surface area contributed by atoms with Gasteiger partial charge in [0.2, 0.25) is 5.91 Å². The highest BCUT2D eigenvalue weighted by Gasteiger charge is 2.34. The molecule has 7 heterocycles. The van der Waals surface area contributed by atoms with E-state index in [2.05, 4.69) is 77.1 Å². The fraction of sp³-hybridized carbons (Fsp3) is 0.458. The van der Waals surface area contributed by atoms with Gasteiger partial charge in [0.05, 0.1) is 35.2 Å². The highest BCUT2D eigenvalue weighted by Crippen LogP contribution is 2.36. The van der Waals surface area contributed by atoms with Crippen LogP contribution in [0.2, 0.25) is 0 Å². The van der Waals surface area contributed by atoms with E-state index in [9.17, 15) is 27.6 Å². The molecule has 9 N–H and O–H groups in total. The van der Waals surface area contributed by atoms with Gasteiger partial charge in [0.15, 0.2) is 0 Å². The van der Waals surface area contributed by atoms with Crippen LogP contribution in [-0.4, -0.2) is 121 Å². The van der Waals surface area contributed by atoms with Gasteiger partial charge in [0.1, 0.15) is 16.3 Å². The molecule has 3 aromatic heterocycles. The Hall–Kier alpha value is -6.85. The van der Waals surface area contributed by atoms with Crippen molar-refractivity contribution < 1.29 is 27.6 Å². The number of fused-ring (bicyclic) bond motifs is 5. The molecule has 3 amide bonds. The van der Waals surface area contributed by atoms with E-state index < -0.39 is 12.7 Å². The number of rotatable bonds is 15. The Labute approximate surface area is 457 Å². The minimum Gasteiger partial charge on any atom is -0.397 e. The van der Waals surface area contributed by atoms with Crippen molar-refractivity contribution in [2.75, 3.05) is 80.2 Å². The zero-order chi connectivity index (χ0) is 53.9. The third kappa shape index (κ3) is 12.4. The van der Waals surface area contributed by atoms with E-state index >= 15 is 0 Å². The Balaban J connectivity index is 0.603. The number of alkyl halides is 3. The first-order chi connectivity index (χ1) is 37.8. The number of hydrogen-bond acceptors (Lipinski definition) is 12. The number of halogens is 3. The van der Waals surface area contributed by atoms with Crippen LogP contribution in [-0.2, 0) is 24.2 Å². The Bertz CT molecular complexity index is 3210. The fourth-order valence-electron chi connectivity index (χ4n) is 12.1. The van der Waals surface area contributed by atoms with Gasteiger partial charge in [-0.1, -0.05) is 18.1 Å². The van der Waals surface area contributed by atoms with E-state index in [4.69, 9.17) is 10.7 Å². The van der Waals surface area contributed by atoms with Crippen LogP contribution in [0.4, 0.5) is 35.9 Å². The Morgan fingerprint density at radius 3 is 2.42 bits per heavy atom. The van der Waals surface area contributed by atoms with Crippen LogP contribution < -0.4 is 47.9 Å². The number of thiophene rings is 1. The average Bonchev–Trinajstić information content (AvgIpc) is 4.17. The maximum Gasteiger partial charge on any atom is 0.406 e. The van der Waals surface area contributed by atoms with Crippen molar-refractivity contribution in [3.8, 4) is 11.8 Å². The zero-order valence-corrected chi connectivity index (χ0v) is 44.9. The number of nitrogens with two attached hydrogens (primary N) is 1. The highest BCUT2D eigenvalue weighted by molar-refractivity contribution is 7.21. The van der Waals surface area contributed by atoms with Crippen molar-refractivity contribution in [2.24, 2.45) is 5.92 Å². The van der Waals surface area contributed by atoms with Crippen LogP contribution in [0, 0.1) is 17.8 Å². The van der Waals surface area contributed by atoms with Crippen molar-refractivity contribution in [3.63, 3.8) is 0 Å². The van der Waals surface area contributed by atoms with Crippen molar-refractivity contribution in [3.05, 3.63) is 112 Å². The van der Waals surface area contributed by atoms with Crippen LogP contribution in [0.1, 0.15) is 100 Å². The number of benzene rings is 3. The summed E-state index contributed by atoms with van der Waals surface area (Å²) in [7, 11) is 0.